The van der Waals surface area contributed by atoms with Crippen LogP contribution in [0.1, 0.15) is 55.7 Å². The highest BCUT2D eigenvalue weighted by Crippen LogP contribution is 2.32. The Bertz CT molecular complexity index is 1200. The SMILES string of the molecule is CNC(=O)c1nc(C)c(C(=O)NC[C@@H](C)C(=O)N[C@@H]2C(=O)N3CCCN3Cc3cc(OC)ccc32)s1. The second kappa shape index (κ2) is 10.6. The second-order valence-corrected chi connectivity index (χ2v) is 9.83. The lowest BCUT2D eigenvalue weighted by molar-refractivity contribution is -0.148. The Labute approximate surface area is 213 Å². The highest BCUT2D eigenvalue weighted by atomic mass is 32.1. The first-order valence-corrected chi connectivity index (χ1v) is 12.6. The number of methoxy groups -OCH3 is 1. The number of carbonyl (C=O) groups excluding carboxylic acids is 4. The van der Waals surface area contributed by atoms with Crippen molar-refractivity contribution in [3.05, 3.63) is 44.9 Å². The van der Waals surface area contributed by atoms with Crippen LogP contribution in [0.3, 0.4) is 0 Å². The van der Waals surface area contributed by atoms with Crippen molar-refractivity contribution in [2.24, 2.45) is 5.92 Å². The topological polar surface area (TPSA) is 133 Å². The van der Waals surface area contributed by atoms with E-state index >= 15 is 0 Å². The second-order valence-electron chi connectivity index (χ2n) is 8.83. The van der Waals surface area contributed by atoms with E-state index in [1.807, 2.05) is 17.1 Å². The normalized spacial score (nSPS) is 18.1. The molecule has 0 spiro atoms. The molecule has 3 N–H and O–H groups in total. The molecular formula is C24H30N6O5S. The van der Waals surface area contributed by atoms with Gasteiger partial charge in [-0.25, -0.2) is 9.99 Å². The van der Waals surface area contributed by atoms with Crippen LogP contribution in [0.25, 0.3) is 0 Å². The van der Waals surface area contributed by atoms with E-state index in [9.17, 15) is 19.2 Å². The van der Waals surface area contributed by atoms with Crippen LogP contribution in [0, 0.1) is 12.8 Å². The summed E-state index contributed by atoms with van der Waals surface area (Å²) in [6.45, 7) is 5.33. The zero-order valence-corrected chi connectivity index (χ0v) is 21.5. The van der Waals surface area contributed by atoms with Crippen molar-refractivity contribution in [3.63, 3.8) is 0 Å². The van der Waals surface area contributed by atoms with Gasteiger partial charge in [-0.15, -0.1) is 11.3 Å². The molecule has 4 amide bonds. The molecule has 36 heavy (non-hydrogen) atoms. The minimum absolute atomic E-state index is 0.0591. The molecular weight excluding hydrogens is 484 g/mol. The number of carbonyl (C=O) groups is 4. The maximum atomic E-state index is 13.4. The van der Waals surface area contributed by atoms with Gasteiger partial charge in [-0.3, -0.25) is 24.2 Å². The Morgan fingerprint density at radius 3 is 2.75 bits per heavy atom. The van der Waals surface area contributed by atoms with Gasteiger partial charge in [0.05, 0.1) is 18.7 Å². The van der Waals surface area contributed by atoms with Crippen LogP contribution in [0.15, 0.2) is 18.2 Å². The molecule has 0 radical (unpaired) electrons. The summed E-state index contributed by atoms with van der Waals surface area (Å²) in [6.07, 6.45) is 0.868. The molecule has 1 saturated heterocycles. The van der Waals surface area contributed by atoms with Crippen molar-refractivity contribution >= 4 is 35.0 Å². The van der Waals surface area contributed by atoms with Gasteiger partial charge in [-0.1, -0.05) is 13.0 Å². The van der Waals surface area contributed by atoms with Gasteiger partial charge in [-0.2, -0.15) is 0 Å². The maximum absolute atomic E-state index is 13.4. The summed E-state index contributed by atoms with van der Waals surface area (Å²) in [6, 6.07) is 4.67. The number of ether oxygens (including phenoxy) is 1. The molecule has 2 aromatic rings. The van der Waals surface area contributed by atoms with Crippen LogP contribution in [0.4, 0.5) is 0 Å². The van der Waals surface area contributed by atoms with Crippen LogP contribution >= 0.6 is 11.3 Å². The van der Waals surface area contributed by atoms with Gasteiger partial charge in [-0.05, 0) is 36.6 Å². The number of thiazole rings is 1. The van der Waals surface area contributed by atoms with Crippen molar-refractivity contribution in [2.75, 3.05) is 33.8 Å². The fraction of sp³-hybridized carbons (Fsp3) is 0.458. The smallest absolute Gasteiger partial charge is 0.280 e. The van der Waals surface area contributed by atoms with Gasteiger partial charge in [0.1, 0.15) is 16.7 Å². The Morgan fingerprint density at radius 1 is 1.25 bits per heavy atom. The molecule has 1 fully saturated rings. The Hall–Kier alpha value is -3.51. The lowest BCUT2D eigenvalue weighted by Crippen LogP contribution is -2.47. The molecule has 1 aromatic heterocycles. The number of hydrogen-bond donors (Lipinski definition) is 3. The molecule has 3 heterocycles. The number of amides is 4. The number of aryl methyl sites for hydroxylation is 1. The average Bonchev–Trinajstić information content (AvgIpc) is 3.48. The molecule has 11 nitrogen and oxygen atoms in total. The van der Waals surface area contributed by atoms with E-state index in [1.54, 1.807) is 32.0 Å². The molecule has 12 heteroatoms. The van der Waals surface area contributed by atoms with Crippen molar-refractivity contribution in [1.29, 1.82) is 0 Å². The van der Waals surface area contributed by atoms with Gasteiger partial charge in [0.15, 0.2) is 5.01 Å². The summed E-state index contributed by atoms with van der Waals surface area (Å²) in [4.78, 5) is 55.4. The van der Waals surface area contributed by atoms with Crippen LogP contribution in [0.2, 0.25) is 0 Å². The summed E-state index contributed by atoms with van der Waals surface area (Å²) in [5.41, 5.74) is 2.10. The number of aromatic nitrogens is 1. The fourth-order valence-corrected chi connectivity index (χ4v) is 5.27. The predicted molar refractivity (Wildman–Crippen MR) is 132 cm³/mol. The molecule has 2 aliphatic heterocycles. The number of nitrogens with one attached hydrogen (secondary N) is 3. The monoisotopic (exact) mass is 514 g/mol. The summed E-state index contributed by atoms with van der Waals surface area (Å²) < 4.78 is 5.36. The minimum atomic E-state index is -0.835. The van der Waals surface area contributed by atoms with Crippen molar-refractivity contribution in [2.45, 2.75) is 32.9 Å². The zero-order chi connectivity index (χ0) is 26.0. The molecule has 0 saturated carbocycles. The lowest BCUT2D eigenvalue weighted by atomic mass is 9.98. The average molecular weight is 515 g/mol. The number of rotatable bonds is 7. The third-order valence-corrected chi connectivity index (χ3v) is 7.52. The number of hydrogen-bond acceptors (Lipinski definition) is 8. The van der Waals surface area contributed by atoms with E-state index in [0.717, 1.165) is 35.4 Å². The van der Waals surface area contributed by atoms with Crippen molar-refractivity contribution < 1.29 is 23.9 Å². The summed E-state index contributed by atoms with van der Waals surface area (Å²) in [5.74, 6) is -1.22. The van der Waals surface area contributed by atoms with E-state index in [0.29, 0.717) is 29.4 Å². The Balaban J connectivity index is 1.45. The van der Waals surface area contributed by atoms with Gasteiger partial charge >= 0.3 is 0 Å². The van der Waals surface area contributed by atoms with Gasteiger partial charge in [0.2, 0.25) is 5.91 Å². The number of nitrogens with zero attached hydrogens (tertiary/aromatic N) is 3. The molecule has 4 rings (SSSR count). The molecule has 0 unspecified atom stereocenters. The molecule has 1 aromatic carbocycles. The Morgan fingerprint density at radius 2 is 2.03 bits per heavy atom. The van der Waals surface area contributed by atoms with E-state index < -0.39 is 17.9 Å². The predicted octanol–water partition coefficient (Wildman–Crippen LogP) is 1.01. The Kier molecular flexibility index (Phi) is 7.55. The number of fused-ring (bicyclic) bond motifs is 2. The first-order chi connectivity index (χ1) is 17.2. The summed E-state index contributed by atoms with van der Waals surface area (Å²) in [7, 11) is 3.09. The van der Waals surface area contributed by atoms with Gasteiger partial charge in [0.25, 0.3) is 17.7 Å². The van der Waals surface area contributed by atoms with Crippen molar-refractivity contribution in [3.8, 4) is 5.75 Å². The largest absolute Gasteiger partial charge is 0.497 e. The van der Waals surface area contributed by atoms with Gasteiger partial charge in [0, 0.05) is 33.2 Å². The minimum Gasteiger partial charge on any atom is -0.497 e. The number of benzene rings is 1. The first kappa shape index (κ1) is 25.6. The van der Waals surface area contributed by atoms with E-state index in [-0.39, 0.29) is 29.3 Å². The highest BCUT2D eigenvalue weighted by molar-refractivity contribution is 7.15. The molecule has 2 aliphatic rings. The van der Waals surface area contributed by atoms with Gasteiger partial charge < -0.3 is 20.7 Å². The third-order valence-electron chi connectivity index (χ3n) is 6.37. The standard InChI is InChI=1S/C24H30N6O5S/c1-13(11-26-21(32)19-14(2)27-23(36-19)22(33)25-3)20(31)28-18-17-7-6-16(35-4)10-15(17)12-29-8-5-9-30(29)24(18)34/h6-7,10,13,18H,5,8-9,11-12H2,1-4H3,(H,25,33)(H,26,32)(H,28,31)/t13-,18+/m1/s1. The summed E-state index contributed by atoms with van der Waals surface area (Å²) in [5, 5.41) is 12.0. The molecule has 2 atom stereocenters. The van der Waals surface area contributed by atoms with Crippen LogP contribution < -0.4 is 20.7 Å². The number of hydrazine groups is 1. The molecule has 0 bridgehead atoms. The molecule has 192 valence electrons. The lowest BCUT2D eigenvalue weighted by Gasteiger charge is -2.28. The van der Waals surface area contributed by atoms with E-state index in [1.165, 1.54) is 7.05 Å². The zero-order valence-electron chi connectivity index (χ0n) is 20.7. The fourth-order valence-electron chi connectivity index (χ4n) is 4.34. The first-order valence-electron chi connectivity index (χ1n) is 11.7. The van der Waals surface area contributed by atoms with Crippen LogP contribution in [-0.4, -0.2) is 72.4 Å². The van der Waals surface area contributed by atoms with Crippen molar-refractivity contribution in [1.82, 2.24) is 31.0 Å². The maximum Gasteiger partial charge on any atom is 0.280 e. The summed E-state index contributed by atoms with van der Waals surface area (Å²) >= 11 is 0.995. The quantitative estimate of drug-likeness (QED) is 0.502. The van der Waals surface area contributed by atoms with Crippen LogP contribution in [-0.2, 0) is 16.1 Å². The third kappa shape index (κ3) is 5.05. The van der Waals surface area contributed by atoms with Crippen LogP contribution in [0.5, 0.6) is 5.75 Å². The highest BCUT2D eigenvalue weighted by Gasteiger charge is 2.38. The molecule has 0 aliphatic carbocycles. The van der Waals surface area contributed by atoms with E-state index in [2.05, 4.69) is 20.9 Å². The van der Waals surface area contributed by atoms with E-state index in [4.69, 9.17) is 4.74 Å².